The Kier molecular flexibility index (Phi) is 4.25. The highest BCUT2D eigenvalue weighted by atomic mass is 15.4. The first-order valence-electron chi connectivity index (χ1n) is 7.75. The summed E-state index contributed by atoms with van der Waals surface area (Å²) in [6.07, 6.45) is 8.98. The van der Waals surface area contributed by atoms with E-state index < -0.39 is 0 Å². The third-order valence-corrected chi connectivity index (χ3v) is 3.90. The second-order valence-electron chi connectivity index (χ2n) is 5.84. The molecule has 6 nitrogen and oxygen atoms in total. The standard InChI is InChI=1S/C17H22N6/c1-5-14-13(12-10-18-23(4)11-12)6-7-15(19-14)16-8-9-17(21-20-16)22(2)3/h6-11,17,21H,5H2,1-4H3. The Bertz CT molecular complexity index is 756. The molecule has 0 saturated heterocycles. The summed E-state index contributed by atoms with van der Waals surface area (Å²) in [4.78, 5) is 6.86. The molecule has 0 radical (unpaired) electrons. The second-order valence-corrected chi connectivity index (χ2v) is 5.84. The lowest BCUT2D eigenvalue weighted by Crippen LogP contribution is -2.39. The number of likely N-dealkylation sites (N-methyl/N-ethyl adjacent to an activating group) is 1. The lowest BCUT2D eigenvalue weighted by atomic mass is 10.0. The maximum Gasteiger partial charge on any atom is 0.115 e. The van der Waals surface area contributed by atoms with Crippen LogP contribution in [0, 0.1) is 0 Å². The number of hydrazone groups is 1. The van der Waals surface area contributed by atoms with Gasteiger partial charge in [0.05, 0.1) is 11.9 Å². The van der Waals surface area contributed by atoms with Gasteiger partial charge in [-0.1, -0.05) is 13.0 Å². The van der Waals surface area contributed by atoms with E-state index in [1.165, 1.54) is 0 Å². The molecule has 2 aromatic heterocycles. The van der Waals surface area contributed by atoms with Crippen molar-refractivity contribution < 1.29 is 0 Å². The number of nitrogens with zero attached hydrogens (tertiary/aromatic N) is 5. The van der Waals surface area contributed by atoms with Gasteiger partial charge in [-0.15, -0.1) is 0 Å². The van der Waals surface area contributed by atoms with Crippen molar-refractivity contribution in [1.82, 2.24) is 25.1 Å². The van der Waals surface area contributed by atoms with Gasteiger partial charge in [-0.2, -0.15) is 10.2 Å². The van der Waals surface area contributed by atoms with E-state index in [1.807, 2.05) is 50.4 Å². The van der Waals surface area contributed by atoms with E-state index in [2.05, 4.69) is 39.6 Å². The van der Waals surface area contributed by atoms with Gasteiger partial charge in [0.1, 0.15) is 11.9 Å². The van der Waals surface area contributed by atoms with Crippen molar-refractivity contribution in [3.05, 3.63) is 48.1 Å². The van der Waals surface area contributed by atoms with E-state index in [-0.39, 0.29) is 6.17 Å². The molecule has 0 amide bonds. The van der Waals surface area contributed by atoms with Gasteiger partial charge in [0.25, 0.3) is 0 Å². The van der Waals surface area contributed by atoms with Crippen molar-refractivity contribution in [3.8, 4) is 11.1 Å². The molecule has 1 N–H and O–H groups in total. The zero-order valence-corrected chi connectivity index (χ0v) is 14.0. The summed E-state index contributed by atoms with van der Waals surface area (Å²) in [5.74, 6) is 0. The van der Waals surface area contributed by atoms with Crippen LogP contribution in [0.5, 0.6) is 0 Å². The van der Waals surface area contributed by atoms with Crippen LogP contribution >= 0.6 is 0 Å². The van der Waals surface area contributed by atoms with Crippen molar-refractivity contribution >= 4 is 5.71 Å². The third-order valence-electron chi connectivity index (χ3n) is 3.90. The summed E-state index contributed by atoms with van der Waals surface area (Å²) >= 11 is 0. The van der Waals surface area contributed by atoms with E-state index in [0.717, 1.165) is 34.6 Å². The minimum atomic E-state index is 0.124. The fraction of sp³-hybridized carbons (Fsp3) is 0.353. The van der Waals surface area contributed by atoms with Crippen molar-refractivity contribution in [2.24, 2.45) is 12.1 Å². The Morgan fingerprint density at radius 2 is 2.13 bits per heavy atom. The third kappa shape index (κ3) is 3.17. The van der Waals surface area contributed by atoms with Crippen LogP contribution in [0.2, 0.25) is 0 Å². The molecule has 2 aromatic rings. The average Bonchev–Trinajstić information content (AvgIpc) is 3.00. The van der Waals surface area contributed by atoms with Crippen LogP contribution in [0.25, 0.3) is 11.1 Å². The molecule has 1 aliphatic rings. The summed E-state index contributed by atoms with van der Waals surface area (Å²) in [5.41, 5.74) is 8.15. The maximum absolute atomic E-state index is 4.80. The molecule has 3 rings (SSSR count). The summed E-state index contributed by atoms with van der Waals surface area (Å²) in [5, 5.41) is 8.69. The topological polar surface area (TPSA) is 58.3 Å². The highest BCUT2D eigenvalue weighted by Gasteiger charge is 2.15. The fourth-order valence-electron chi connectivity index (χ4n) is 2.57. The lowest BCUT2D eigenvalue weighted by molar-refractivity contribution is 0.297. The highest BCUT2D eigenvalue weighted by molar-refractivity contribution is 6.07. The van der Waals surface area contributed by atoms with Gasteiger partial charge in [-0.25, -0.2) is 0 Å². The zero-order valence-electron chi connectivity index (χ0n) is 14.0. The van der Waals surface area contributed by atoms with Gasteiger partial charge in [-0.05, 0) is 38.7 Å². The summed E-state index contributed by atoms with van der Waals surface area (Å²) < 4.78 is 1.81. The van der Waals surface area contributed by atoms with Crippen molar-refractivity contribution in [2.75, 3.05) is 14.1 Å². The molecule has 3 heterocycles. The van der Waals surface area contributed by atoms with Crippen LogP contribution in [0.1, 0.15) is 18.3 Å². The maximum atomic E-state index is 4.80. The number of allylic oxidation sites excluding steroid dienone is 1. The highest BCUT2D eigenvalue weighted by Crippen LogP contribution is 2.23. The SMILES string of the molecule is CCc1nc(C2=NNC(N(C)C)C=C2)ccc1-c1cnn(C)c1. The smallest absolute Gasteiger partial charge is 0.115 e. The predicted octanol–water partition coefficient (Wildman–Crippen LogP) is 1.80. The monoisotopic (exact) mass is 310 g/mol. The van der Waals surface area contributed by atoms with E-state index in [4.69, 9.17) is 4.98 Å². The molecule has 0 fully saturated rings. The van der Waals surface area contributed by atoms with Crippen LogP contribution in [-0.2, 0) is 13.5 Å². The molecule has 0 aliphatic carbocycles. The molecule has 0 spiro atoms. The summed E-state index contributed by atoms with van der Waals surface area (Å²) in [6.45, 7) is 2.12. The molecule has 0 aromatic carbocycles. The number of pyridine rings is 1. The first-order chi connectivity index (χ1) is 11.1. The molecule has 120 valence electrons. The quantitative estimate of drug-likeness (QED) is 0.935. The Hall–Kier alpha value is -2.47. The minimum Gasteiger partial charge on any atom is -0.288 e. The van der Waals surface area contributed by atoms with Gasteiger partial charge in [0.2, 0.25) is 0 Å². The first-order valence-corrected chi connectivity index (χ1v) is 7.75. The Morgan fingerprint density at radius 3 is 2.70 bits per heavy atom. The second kappa shape index (κ2) is 6.34. The molecule has 1 atom stereocenters. The van der Waals surface area contributed by atoms with Gasteiger partial charge >= 0.3 is 0 Å². The molecule has 0 saturated carbocycles. The molecular formula is C17H22N6. The molecule has 1 unspecified atom stereocenters. The van der Waals surface area contributed by atoms with E-state index in [0.29, 0.717) is 0 Å². The number of aryl methyl sites for hydroxylation is 2. The lowest BCUT2D eigenvalue weighted by Gasteiger charge is -2.23. The normalized spacial score (nSPS) is 17.3. The fourth-order valence-corrected chi connectivity index (χ4v) is 2.57. The van der Waals surface area contributed by atoms with Gasteiger partial charge in [0, 0.05) is 30.1 Å². The number of hydrogen-bond acceptors (Lipinski definition) is 5. The van der Waals surface area contributed by atoms with Crippen LogP contribution < -0.4 is 5.43 Å². The Balaban J connectivity index is 1.90. The number of nitrogens with one attached hydrogen (secondary N) is 1. The first kappa shape index (κ1) is 15.4. The van der Waals surface area contributed by atoms with Gasteiger partial charge in [-0.3, -0.25) is 20.0 Å². The van der Waals surface area contributed by atoms with E-state index >= 15 is 0 Å². The van der Waals surface area contributed by atoms with Crippen LogP contribution in [0.4, 0.5) is 0 Å². The Morgan fingerprint density at radius 1 is 1.30 bits per heavy atom. The molecule has 23 heavy (non-hydrogen) atoms. The van der Waals surface area contributed by atoms with Crippen LogP contribution in [0.3, 0.4) is 0 Å². The minimum absolute atomic E-state index is 0.124. The molecule has 1 aliphatic heterocycles. The molecular weight excluding hydrogens is 288 g/mol. The number of hydrogen-bond donors (Lipinski definition) is 1. The number of rotatable bonds is 4. The van der Waals surface area contributed by atoms with Crippen LogP contribution in [-0.4, -0.2) is 45.6 Å². The van der Waals surface area contributed by atoms with Gasteiger partial charge in [0.15, 0.2) is 0 Å². The summed E-state index contributed by atoms with van der Waals surface area (Å²) in [7, 11) is 5.95. The summed E-state index contributed by atoms with van der Waals surface area (Å²) in [6, 6.07) is 4.12. The van der Waals surface area contributed by atoms with Crippen molar-refractivity contribution in [2.45, 2.75) is 19.5 Å². The van der Waals surface area contributed by atoms with Gasteiger partial charge < -0.3 is 0 Å². The van der Waals surface area contributed by atoms with E-state index in [1.54, 1.807) is 0 Å². The average molecular weight is 310 g/mol. The predicted molar refractivity (Wildman–Crippen MR) is 92.1 cm³/mol. The molecule has 0 bridgehead atoms. The largest absolute Gasteiger partial charge is 0.288 e. The van der Waals surface area contributed by atoms with Crippen molar-refractivity contribution in [3.63, 3.8) is 0 Å². The molecule has 6 heteroatoms. The zero-order chi connectivity index (χ0) is 16.4. The Labute approximate surface area is 136 Å². The van der Waals surface area contributed by atoms with Crippen molar-refractivity contribution in [1.29, 1.82) is 0 Å². The van der Waals surface area contributed by atoms with E-state index in [9.17, 15) is 0 Å². The number of aromatic nitrogens is 3. The van der Waals surface area contributed by atoms with Crippen LogP contribution in [0.15, 0.2) is 41.8 Å².